The van der Waals surface area contributed by atoms with Crippen molar-refractivity contribution in [2.24, 2.45) is 5.73 Å². The van der Waals surface area contributed by atoms with E-state index in [2.05, 4.69) is 6.92 Å². The van der Waals surface area contributed by atoms with E-state index in [0.717, 1.165) is 5.75 Å². The van der Waals surface area contributed by atoms with Gasteiger partial charge in [-0.25, -0.2) is 0 Å². The minimum atomic E-state index is 0.315. The molecule has 0 rings (SSSR count). The molecular weight excluding hydrogens is 94.1 g/mol. The Labute approximate surface area is 43.3 Å². The molecule has 6 heavy (non-hydrogen) atoms. The normalized spacial score (nSPS) is 14.5. The molecule has 0 bridgehead atoms. The zero-order chi connectivity index (χ0) is 4.99. The zero-order valence-corrected chi connectivity index (χ0v) is 5.09. The fourth-order valence-electron chi connectivity index (χ4n) is 0.263. The maximum Gasteiger partial charge on any atom is 0.0478 e. The van der Waals surface area contributed by atoms with Crippen LogP contribution in [-0.2, 0) is 0 Å². The monoisotopic (exact) mass is 105 g/mol. The summed E-state index contributed by atoms with van der Waals surface area (Å²) < 4.78 is 0. The standard InChI is InChI=1S/C4H11NS/c1-3-6-4(2)5/h4H,3,5H2,1-2H3/t4-/m1/s1. The van der Waals surface area contributed by atoms with Gasteiger partial charge in [0.25, 0.3) is 0 Å². The van der Waals surface area contributed by atoms with Gasteiger partial charge in [-0.15, -0.1) is 11.8 Å². The van der Waals surface area contributed by atoms with Gasteiger partial charge in [0.15, 0.2) is 0 Å². The van der Waals surface area contributed by atoms with Crippen LogP contribution in [0, 0.1) is 0 Å². The predicted octanol–water partition coefficient (Wildman–Crippen LogP) is 1.04. The van der Waals surface area contributed by atoms with Gasteiger partial charge >= 0.3 is 0 Å². The second-order valence-electron chi connectivity index (χ2n) is 1.16. The second-order valence-corrected chi connectivity index (χ2v) is 2.81. The Bertz CT molecular complexity index is 28.7. The molecule has 0 unspecified atom stereocenters. The molecule has 0 aromatic carbocycles. The van der Waals surface area contributed by atoms with E-state index in [1.807, 2.05) is 6.92 Å². The first kappa shape index (κ1) is 6.31. The SMILES string of the molecule is CCS[C@H](C)N. The molecule has 0 saturated heterocycles. The van der Waals surface area contributed by atoms with E-state index in [9.17, 15) is 0 Å². The Morgan fingerprint density at radius 3 is 2.33 bits per heavy atom. The van der Waals surface area contributed by atoms with Crippen LogP contribution in [0.25, 0.3) is 0 Å². The summed E-state index contributed by atoms with van der Waals surface area (Å²) in [6.07, 6.45) is 0. The van der Waals surface area contributed by atoms with Gasteiger partial charge in [0.05, 0.1) is 0 Å². The van der Waals surface area contributed by atoms with Crippen LogP contribution in [0.1, 0.15) is 13.8 Å². The molecule has 0 saturated carbocycles. The molecule has 0 aliphatic heterocycles. The van der Waals surface area contributed by atoms with E-state index in [1.54, 1.807) is 11.8 Å². The van der Waals surface area contributed by atoms with Crippen molar-refractivity contribution >= 4 is 11.8 Å². The molecule has 0 aliphatic rings. The summed E-state index contributed by atoms with van der Waals surface area (Å²) in [5, 5.41) is 0.315. The third-order valence-corrected chi connectivity index (χ3v) is 1.29. The van der Waals surface area contributed by atoms with E-state index in [4.69, 9.17) is 5.73 Å². The maximum absolute atomic E-state index is 5.37. The minimum absolute atomic E-state index is 0.315. The summed E-state index contributed by atoms with van der Waals surface area (Å²) in [4.78, 5) is 0. The quantitative estimate of drug-likeness (QED) is 0.531. The fraction of sp³-hybridized carbons (Fsp3) is 1.00. The van der Waals surface area contributed by atoms with Crippen molar-refractivity contribution in [1.29, 1.82) is 0 Å². The first-order valence-electron chi connectivity index (χ1n) is 2.14. The van der Waals surface area contributed by atoms with Gasteiger partial charge in [0.1, 0.15) is 0 Å². The van der Waals surface area contributed by atoms with Crippen molar-refractivity contribution < 1.29 is 0 Å². The van der Waals surface area contributed by atoms with Crippen molar-refractivity contribution in [3.05, 3.63) is 0 Å². The topological polar surface area (TPSA) is 26.0 Å². The summed E-state index contributed by atoms with van der Waals surface area (Å²) >= 11 is 1.76. The van der Waals surface area contributed by atoms with Gasteiger partial charge in [-0.3, -0.25) is 0 Å². The van der Waals surface area contributed by atoms with Crippen LogP contribution < -0.4 is 5.73 Å². The summed E-state index contributed by atoms with van der Waals surface area (Å²) in [6.45, 7) is 4.10. The lowest BCUT2D eigenvalue weighted by atomic mass is 10.8. The Morgan fingerprint density at radius 2 is 2.33 bits per heavy atom. The smallest absolute Gasteiger partial charge is 0.0478 e. The molecule has 0 spiro atoms. The molecule has 0 aromatic heterocycles. The molecule has 0 fully saturated rings. The lowest BCUT2D eigenvalue weighted by molar-refractivity contribution is 1.05. The average molecular weight is 105 g/mol. The lowest BCUT2D eigenvalue weighted by Crippen LogP contribution is -2.08. The predicted molar refractivity (Wildman–Crippen MR) is 31.8 cm³/mol. The van der Waals surface area contributed by atoms with Crippen molar-refractivity contribution in [1.82, 2.24) is 0 Å². The zero-order valence-electron chi connectivity index (χ0n) is 4.27. The highest BCUT2D eigenvalue weighted by Gasteiger charge is 1.85. The third-order valence-electron chi connectivity index (χ3n) is 0.430. The lowest BCUT2D eigenvalue weighted by Gasteiger charge is -1.97. The van der Waals surface area contributed by atoms with Crippen LogP contribution in [0.3, 0.4) is 0 Å². The molecule has 38 valence electrons. The van der Waals surface area contributed by atoms with Gasteiger partial charge in [-0.2, -0.15) is 0 Å². The van der Waals surface area contributed by atoms with Crippen LogP contribution in [0.4, 0.5) is 0 Å². The number of hydrogen-bond acceptors (Lipinski definition) is 2. The van der Waals surface area contributed by atoms with Crippen LogP contribution in [0.2, 0.25) is 0 Å². The van der Waals surface area contributed by atoms with Crippen LogP contribution >= 0.6 is 11.8 Å². The van der Waals surface area contributed by atoms with Gasteiger partial charge in [0, 0.05) is 5.37 Å². The molecule has 2 N–H and O–H groups in total. The van der Waals surface area contributed by atoms with Gasteiger partial charge in [0.2, 0.25) is 0 Å². The van der Waals surface area contributed by atoms with Crippen molar-refractivity contribution in [2.75, 3.05) is 5.75 Å². The molecule has 0 radical (unpaired) electrons. The third kappa shape index (κ3) is 4.31. The molecule has 1 nitrogen and oxygen atoms in total. The number of hydrogen-bond donors (Lipinski definition) is 1. The molecule has 2 heteroatoms. The molecule has 0 aliphatic carbocycles. The molecule has 0 amide bonds. The number of thioether (sulfide) groups is 1. The summed E-state index contributed by atoms with van der Waals surface area (Å²) in [7, 11) is 0. The van der Waals surface area contributed by atoms with Gasteiger partial charge in [-0.1, -0.05) is 6.92 Å². The van der Waals surface area contributed by atoms with Crippen LogP contribution in [0.15, 0.2) is 0 Å². The largest absolute Gasteiger partial charge is 0.320 e. The minimum Gasteiger partial charge on any atom is -0.320 e. The van der Waals surface area contributed by atoms with Crippen LogP contribution in [-0.4, -0.2) is 11.1 Å². The Hall–Kier alpha value is 0.310. The van der Waals surface area contributed by atoms with E-state index < -0.39 is 0 Å². The Kier molecular flexibility index (Phi) is 3.68. The highest BCUT2D eigenvalue weighted by Crippen LogP contribution is 2.00. The summed E-state index contributed by atoms with van der Waals surface area (Å²) in [5.41, 5.74) is 5.37. The second kappa shape index (κ2) is 3.50. The molecule has 0 heterocycles. The number of rotatable bonds is 2. The summed E-state index contributed by atoms with van der Waals surface area (Å²) in [5.74, 6) is 1.12. The molecule has 1 atom stereocenters. The molecular formula is C4H11NS. The van der Waals surface area contributed by atoms with Crippen LogP contribution in [0.5, 0.6) is 0 Å². The van der Waals surface area contributed by atoms with E-state index >= 15 is 0 Å². The first-order chi connectivity index (χ1) is 2.77. The average Bonchev–Trinajstić information content (AvgIpc) is 1.35. The highest BCUT2D eigenvalue weighted by atomic mass is 32.2. The highest BCUT2D eigenvalue weighted by molar-refractivity contribution is 7.99. The van der Waals surface area contributed by atoms with Crippen molar-refractivity contribution in [3.8, 4) is 0 Å². The van der Waals surface area contributed by atoms with E-state index in [1.165, 1.54) is 0 Å². The van der Waals surface area contributed by atoms with E-state index in [-0.39, 0.29) is 0 Å². The maximum atomic E-state index is 5.37. The number of nitrogens with two attached hydrogens (primary N) is 1. The fourth-order valence-corrected chi connectivity index (χ4v) is 0.789. The Morgan fingerprint density at radius 1 is 1.83 bits per heavy atom. The van der Waals surface area contributed by atoms with Gasteiger partial charge < -0.3 is 5.73 Å². The first-order valence-corrected chi connectivity index (χ1v) is 3.19. The molecule has 0 aromatic rings. The van der Waals surface area contributed by atoms with Crippen molar-refractivity contribution in [2.45, 2.75) is 19.2 Å². The van der Waals surface area contributed by atoms with Gasteiger partial charge in [-0.05, 0) is 12.7 Å². The van der Waals surface area contributed by atoms with E-state index in [0.29, 0.717) is 5.37 Å². The Balaban J connectivity index is 2.63. The summed E-state index contributed by atoms with van der Waals surface area (Å²) in [6, 6.07) is 0. The van der Waals surface area contributed by atoms with Crippen molar-refractivity contribution in [3.63, 3.8) is 0 Å².